The van der Waals surface area contributed by atoms with Gasteiger partial charge >= 0.3 is 0 Å². The molecule has 1 unspecified atom stereocenters. The summed E-state index contributed by atoms with van der Waals surface area (Å²) < 4.78 is 3.30. The Morgan fingerprint density at radius 2 is 2.00 bits per heavy atom. The molecule has 0 amide bonds. The fourth-order valence-electron chi connectivity index (χ4n) is 2.61. The molecule has 0 saturated carbocycles. The summed E-state index contributed by atoms with van der Waals surface area (Å²) in [5, 5.41) is 0. The number of pyridine rings is 1. The highest BCUT2D eigenvalue weighted by molar-refractivity contribution is 9.10. The van der Waals surface area contributed by atoms with Crippen LogP contribution in [0.1, 0.15) is 24.4 Å². The highest BCUT2D eigenvalue weighted by atomic mass is 79.9. The molecule has 0 spiro atoms. The normalized spacial score (nSPS) is 12.7. The summed E-state index contributed by atoms with van der Waals surface area (Å²) in [5.74, 6) is 1.58. The molecule has 1 atom stereocenters. The van der Waals surface area contributed by atoms with Gasteiger partial charge in [0, 0.05) is 29.2 Å². The predicted molar refractivity (Wildman–Crippen MR) is 89.9 cm³/mol. The Morgan fingerprint density at radius 3 is 2.71 bits per heavy atom. The first-order chi connectivity index (χ1) is 10.2. The van der Waals surface area contributed by atoms with Crippen molar-refractivity contribution in [2.45, 2.75) is 19.4 Å². The fourth-order valence-corrected chi connectivity index (χ4v) is 3.12. The second-order valence-electron chi connectivity index (χ2n) is 4.93. The van der Waals surface area contributed by atoms with Crippen molar-refractivity contribution in [1.82, 2.24) is 14.5 Å². The molecule has 0 aliphatic carbocycles. The third kappa shape index (κ3) is 2.83. The molecular weight excluding hydrogens is 350 g/mol. The van der Waals surface area contributed by atoms with Crippen LogP contribution in [0.25, 0.3) is 11.0 Å². The third-order valence-corrected chi connectivity index (χ3v) is 4.30. The largest absolute Gasteiger partial charge is 0.321 e. The zero-order valence-electron chi connectivity index (χ0n) is 11.6. The molecule has 2 aromatic heterocycles. The minimum absolute atomic E-state index is 0.192. The number of aryl methyl sites for hydroxylation is 1. The summed E-state index contributed by atoms with van der Waals surface area (Å²) in [5.41, 5.74) is 3.33. The van der Waals surface area contributed by atoms with E-state index in [1.54, 1.807) is 0 Å². The van der Waals surface area contributed by atoms with E-state index < -0.39 is 0 Å². The van der Waals surface area contributed by atoms with Gasteiger partial charge in [0.2, 0.25) is 0 Å². The molecule has 0 radical (unpaired) electrons. The summed E-state index contributed by atoms with van der Waals surface area (Å²) in [6, 6.07) is 10.5. The van der Waals surface area contributed by atoms with Crippen molar-refractivity contribution in [2.75, 3.05) is 5.88 Å². The number of halogens is 2. The number of hydrogen-bond acceptors (Lipinski definition) is 2. The molecule has 0 bridgehead atoms. The van der Waals surface area contributed by atoms with Crippen LogP contribution in [0, 0.1) is 0 Å². The van der Waals surface area contributed by atoms with Crippen molar-refractivity contribution >= 4 is 38.6 Å². The van der Waals surface area contributed by atoms with Crippen LogP contribution in [-0.2, 0) is 6.42 Å². The topological polar surface area (TPSA) is 30.7 Å². The maximum absolute atomic E-state index is 5.94. The minimum atomic E-state index is 0.192. The number of alkyl halides is 1. The van der Waals surface area contributed by atoms with Gasteiger partial charge in [-0.2, -0.15) is 0 Å². The van der Waals surface area contributed by atoms with E-state index in [-0.39, 0.29) is 6.04 Å². The first-order valence-electron chi connectivity index (χ1n) is 6.83. The van der Waals surface area contributed by atoms with Gasteiger partial charge in [-0.05, 0) is 42.8 Å². The van der Waals surface area contributed by atoms with Gasteiger partial charge in [0.25, 0.3) is 0 Å². The lowest BCUT2D eigenvalue weighted by Crippen LogP contribution is -2.11. The molecule has 3 rings (SSSR count). The molecule has 5 heteroatoms. The molecule has 3 nitrogen and oxygen atoms in total. The van der Waals surface area contributed by atoms with Crippen molar-refractivity contribution < 1.29 is 0 Å². The second-order valence-corrected chi connectivity index (χ2v) is 6.22. The lowest BCUT2D eigenvalue weighted by Gasteiger charge is -2.17. The standard InChI is InChI=1S/C16H15BrClN3/c1-11(12-5-8-19-9-6-12)21-15-3-2-13(17)10-14(15)20-16(21)4-7-18/h2-3,5-6,8-11H,4,7H2,1H3. The lowest BCUT2D eigenvalue weighted by molar-refractivity contribution is 0.623. The number of rotatable bonds is 4. The van der Waals surface area contributed by atoms with Gasteiger partial charge in [0.15, 0.2) is 0 Å². The Hall–Kier alpha value is -1.39. The second kappa shape index (κ2) is 6.16. The molecule has 2 heterocycles. The zero-order valence-corrected chi connectivity index (χ0v) is 14.0. The molecule has 1 aromatic carbocycles. The van der Waals surface area contributed by atoms with Gasteiger partial charge in [-0.3, -0.25) is 4.98 Å². The first kappa shape index (κ1) is 14.5. The Kier molecular flexibility index (Phi) is 4.27. The van der Waals surface area contributed by atoms with Gasteiger partial charge < -0.3 is 4.57 Å². The Bertz CT molecular complexity index is 755. The Morgan fingerprint density at radius 1 is 1.24 bits per heavy atom. The van der Waals surface area contributed by atoms with Crippen molar-refractivity contribution in [3.05, 3.63) is 58.6 Å². The van der Waals surface area contributed by atoms with Crippen molar-refractivity contribution in [3.8, 4) is 0 Å². The van der Waals surface area contributed by atoms with Crippen molar-refractivity contribution in [3.63, 3.8) is 0 Å². The van der Waals surface area contributed by atoms with Gasteiger partial charge in [0.05, 0.1) is 17.1 Å². The minimum Gasteiger partial charge on any atom is -0.321 e. The number of imidazole rings is 1. The number of nitrogens with zero attached hydrogens (tertiary/aromatic N) is 3. The van der Waals surface area contributed by atoms with Crippen LogP contribution in [0.2, 0.25) is 0 Å². The number of fused-ring (bicyclic) bond motifs is 1. The van der Waals surface area contributed by atoms with Crippen LogP contribution in [-0.4, -0.2) is 20.4 Å². The van der Waals surface area contributed by atoms with E-state index in [0.29, 0.717) is 5.88 Å². The molecule has 21 heavy (non-hydrogen) atoms. The summed E-state index contributed by atoms with van der Waals surface area (Å²) in [7, 11) is 0. The SMILES string of the molecule is CC(c1ccncc1)n1c(CCCl)nc2cc(Br)ccc21. The molecular formula is C16H15BrClN3. The van der Waals surface area contributed by atoms with Gasteiger partial charge in [-0.15, -0.1) is 11.6 Å². The van der Waals surface area contributed by atoms with Gasteiger partial charge in [0.1, 0.15) is 5.82 Å². The molecule has 3 aromatic rings. The van der Waals surface area contributed by atoms with Crippen molar-refractivity contribution in [1.29, 1.82) is 0 Å². The zero-order chi connectivity index (χ0) is 14.8. The van der Waals surface area contributed by atoms with Crippen LogP contribution in [0.4, 0.5) is 0 Å². The number of aromatic nitrogens is 3. The average molecular weight is 365 g/mol. The highest BCUT2D eigenvalue weighted by Gasteiger charge is 2.17. The summed E-state index contributed by atoms with van der Waals surface area (Å²) in [4.78, 5) is 8.83. The molecule has 108 valence electrons. The smallest absolute Gasteiger partial charge is 0.111 e. The fraction of sp³-hybridized carbons (Fsp3) is 0.250. The van der Waals surface area contributed by atoms with Crippen LogP contribution in [0.15, 0.2) is 47.2 Å². The van der Waals surface area contributed by atoms with Crippen LogP contribution in [0.3, 0.4) is 0 Å². The predicted octanol–water partition coefficient (Wildman–Crippen LogP) is 4.58. The first-order valence-corrected chi connectivity index (χ1v) is 8.15. The molecule has 0 N–H and O–H groups in total. The van der Waals surface area contributed by atoms with E-state index in [1.807, 2.05) is 36.7 Å². The van der Waals surface area contributed by atoms with E-state index in [0.717, 1.165) is 27.8 Å². The quantitative estimate of drug-likeness (QED) is 0.634. The van der Waals surface area contributed by atoms with E-state index >= 15 is 0 Å². The van der Waals surface area contributed by atoms with E-state index in [9.17, 15) is 0 Å². The monoisotopic (exact) mass is 363 g/mol. The maximum atomic E-state index is 5.94. The Balaban J connectivity index is 2.17. The molecule has 0 aliphatic heterocycles. The number of benzene rings is 1. The highest BCUT2D eigenvalue weighted by Crippen LogP contribution is 2.28. The third-order valence-electron chi connectivity index (χ3n) is 3.62. The van der Waals surface area contributed by atoms with Crippen LogP contribution >= 0.6 is 27.5 Å². The van der Waals surface area contributed by atoms with Crippen molar-refractivity contribution in [2.24, 2.45) is 0 Å². The molecule has 0 fully saturated rings. The van der Waals surface area contributed by atoms with Gasteiger partial charge in [-0.1, -0.05) is 15.9 Å². The van der Waals surface area contributed by atoms with E-state index in [4.69, 9.17) is 16.6 Å². The summed E-state index contributed by atoms with van der Waals surface area (Å²) >= 11 is 9.45. The lowest BCUT2D eigenvalue weighted by atomic mass is 10.1. The van der Waals surface area contributed by atoms with Crippen LogP contribution < -0.4 is 0 Å². The molecule has 0 aliphatic rings. The van der Waals surface area contributed by atoms with Crippen LogP contribution in [0.5, 0.6) is 0 Å². The molecule has 0 saturated heterocycles. The number of hydrogen-bond donors (Lipinski definition) is 0. The van der Waals surface area contributed by atoms with E-state index in [1.165, 1.54) is 5.56 Å². The van der Waals surface area contributed by atoms with E-state index in [2.05, 4.69) is 38.5 Å². The summed E-state index contributed by atoms with van der Waals surface area (Å²) in [6.07, 6.45) is 4.40. The van der Waals surface area contributed by atoms with Gasteiger partial charge in [-0.25, -0.2) is 4.98 Å². The summed E-state index contributed by atoms with van der Waals surface area (Å²) in [6.45, 7) is 2.18. The maximum Gasteiger partial charge on any atom is 0.111 e. The Labute approximate surface area is 137 Å². The average Bonchev–Trinajstić information content (AvgIpc) is 2.85.